The maximum Gasteiger partial charge on any atom is 0.335 e. The number of carboxylic acids is 1. The molecule has 4 N–H and O–H groups in total. The average Bonchev–Trinajstić information content (AvgIpc) is 2.37. The third-order valence-corrected chi connectivity index (χ3v) is 4.25. The van der Waals surface area contributed by atoms with E-state index in [1.54, 1.807) is 6.07 Å². The topological polar surface area (TPSA) is 92.4 Å². The summed E-state index contributed by atoms with van der Waals surface area (Å²) >= 11 is 3.24. The highest BCUT2D eigenvalue weighted by Gasteiger charge is 2.30. The van der Waals surface area contributed by atoms with E-state index in [1.165, 1.54) is 18.6 Å². The molecule has 0 atom stereocenters. The molecular weight excluding hydrogens is 336 g/mol. The van der Waals surface area contributed by atoms with Gasteiger partial charge in [-0.05, 0) is 31.0 Å². The predicted molar refractivity (Wildman–Crippen MR) is 84.4 cm³/mol. The van der Waals surface area contributed by atoms with E-state index in [0.717, 1.165) is 25.7 Å². The number of carbonyl (C=O) groups is 2. The number of rotatable bonds is 4. The molecule has 1 aliphatic carbocycles. The van der Waals surface area contributed by atoms with Crippen LogP contribution >= 0.6 is 15.9 Å². The van der Waals surface area contributed by atoms with Crippen molar-refractivity contribution in [2.24, 2.45) is 5.73 Å². The van der Waals surface area contributed by atoms with E-state index in [9.17, 15) is 9.59 Å². The van der Waals surface area contributed by atoms with Gasteiger partial charge in [0.1, 0.15) is 0 Å². The van der Waals surface area contributed by atoms with Crippen LogP contribution in [-0.4, -0.2) is 22.5 Å². The van der Waals surface area contributed by atoms with Gasteiger partial charge in [0.15, 0.2) is 0 Å². The summed E-state index contributed by atoms with van der Waals surface area (Å²) in [5.74, 6) is -1.21. The fourth-order valence-electron chi connectivity index (χ4n) is 2.74. The summed E-state index contributed by atoms with van der Waals surface area (Å²) in [4.78, 5) is 23.1. The first-order valence-corrected chi connectivity index (χ1v) is 7.80. The van der Waals surface area contributed by atoms with Crippen LogP contribution in [0.1, 0.15) is 48.9 Å². The maximum atomic E-state index is 12.1. The summed E-state index contributed by atoms with van der Waals surface area (Å²) < 4.78 is 0.609. The molecule has 21 heavy (non-hydrogen) atoms. The van der Waals surface area contributed by atoms with E-state index in [-0.39, 0.29) is 17.9 Å². The van der Waals surface area contributed by atoms with Crippen molar-refractivity contribution in [3.05, 3.63) is 28.2 Å². The fourth-order valence-corrected chi connectivity index (χ4v) is 3.24. The molecule has 0 spiro atoms. The van der Waals surface area contributed by atoms with Crippen molar-refractivity contribution in [3.8, 4) is 0 Å². The Hall–Kier alpha value is -1.40. The summed E-state index contributed by atoms with van der Waals surface area (Å²) in [5.41, 5.74) is 6.42. The minimum Gasteiger partial charge on any atom is -0.478 e. The minimum atomic E-state index is -1.03. The van der Waals surface area contributed by atoms with E-state index in [1.807, 2.05) is 0 Å². The Bertz CT molecular complexity index is 554. The van der Waals surface area contributed by atoms with Crippen molar-refractivity contribution in [2.75, 3.05) is 5.32 Å². The van der Waals surface area contributed by atoms with Crippen LogP contribution in [0.25, 0.3) is 0 Å². The molecule has 0 radical (unpaired) electrons. The lowest BCUT2D eigenvalue weighted by Crippen LogP contribution is -2.44. The first-order chi connectivity index (χ1) is 9.88. The third kappa shape index (κ3) is 4.54. The first-order valence-electron chi connectivity index (χ1n) is 7.01. The van der Waals surface area contributed by atoms with Gasteiger partial charge in [-0.3, -0.25) is 4.79 Å². The minimum absolute atomic E-state index is 0.125. The number of aromatic carboxylic acids is 1. The van der Waals surface area contributed by atoms with Gasteiger partial charge in [0, 0.05) is 22.1 Å². The number of hydrogen-bond donors (Lipinski definition) is 3. The number of anilines is 1. The molecule has 1 aliphatic rings. The van der Waals surface area contributed by atoms with E-state index in [2.05, 4.69) is 21.2 Å². The number of nitrogens with one attached hydrogen (secondary N) is 1. The molecule has 0 saturated heterocycles. The Morgan fingerprint density at radius 1 is 1.24 bits per heavy atom. The zero-order chi connectivity index (χ0) is 15.5. The Balaban J connectivity index is 2.04. The van der Waals surface area contributed by atoms with E-state index >= 15 is 0 Å². The molecule has 0 unspecified atom stereocenters. The van der Waals surface area contributed by atoms with Gasteiger partial charge in [-0.25, -0.2) is 4.79 Å². The SMILES string of the molecule is NC1(CC(=O)Nc2cc(Br)cc(C(=O)O)c2)CCCCC1. The van der Waals surface area contributed by atoms with Crippen molar-refractivity contribution in [2.45, 2.75) is 44.1 Å². The lowest BCUT2D eigenvalue weighted by molar-refractivity contribution is -0.117. The van der Waals surface area contributed by atoms with Crippen LogP contribution < -0.4 is 11.1 Å². The molecule has 1 aromatic carbocycles. The number of carboxylic acid groups (broad SMARTS) is 1. The molecule has 1 aromatic rings. The molecule has 0 bridgehead atoms. The Kier molecular flexibility index (Phi) is 5.00. The summed E-state index contributed by atoms with van der Waals surface area (Å²) in [5, 5.41) is 11.8. The monoisotopic (exact) mass is 354 g/mol. The molecule has 6 heteroatoms. The normalized spacial score (nSPS) is 17.2. The number of amides is 1. The molecule has 114 valence electrons. The lowest BCUT2D eigenvalue weighted by Gasteiger charge is -2.32. The number of halogens is 1. The highest BCUT2D eigenvalue weighted by Crippen LogP contribution is 2.29. The van der Waals surface area contributed by atoms with Crippen LogP contribution in [0, 0.1) is 0 Å². The van der Waals surface area contributed by atoms with Gasteiger partial charge in [0.05, 0.1) is 5.56 Å². The van der Waals surface area contributed by atoms with Crippen LogP contribution in [0.5, 0.6) is 0 Å². The van der Waals surface area contributed by atoms with E-state index in [0.29, 0.717) is 10.2 Å². The number of carbonyl (C=O) groups excluding carboxylic acids is 1. The molecule has 1 saturated carbocycles. The zero-order valence-corrected chi connectivity index (χ0v) is 13.3. The van der Waals surface area contributed by atoms with Gasteiger partial charge in [-0.15, -0.1) is 0 Å². The van der Waals surface area contributed by atoms with Crippen molar-refractivity contribution in [1.29, 1.82) is 0 Å². The van der Waals surface area contributed by atoms with Crippen molar-refractivity contribution in [1.82, 2.24) is 0 Å². The Morgan fingerprint density at radius 3 is 2.52 bits per heavy atom. The predicted octanol–water partition coefficient (Wildman–Crippen LogP) is 3.14. The standard InChI is InChI=1S/C15H19BrN2O3/c16-11-6-10(14(20)21)7-12(8-11)18-13(19)9-15(17)4-2-1-3-5-15/h6-8H,1-5,9,17H2,(H,18,19)(H,20,21). The number of hydrogen-bond acceptors (Lipinski definition) is 3. The molecule has 0 aromatic heterocycles. The van der Waals surface area contributed by atoms with Gasteiger partial charge in [-0.1, -0.05) is 35.2 Å². The quantitative estimate of drug-likeness (QED) is 0.774. The van der Waals surface area contributed by atoms with Gasteiger partial charge >= 0.3 is 5.97 Å². The molecule has 1 amide bonds. The molecule has 2 rings (SSSR count). The average molecular weight is 355 g/mol. The smallest absolute Gasteiger partial charge is 0.335 e. The Morgan fingerprint density at radius 2 is 1.90 bits per heavy atom. The second-order valence-corrected chi connectivity index (χ2v) is 6.60. The maximum absolute atomic E-state index is 12.1. The van der Waals surface area contributed by atoms with Crippen LogP contribution in [-0.2, 0) is 4.79 Å². The van der Waals surface area contributed by atoms with Crippen molar-refractivity contribution < 1.29 is 14.7 Å². The third-order valence-electron chi connectivity index (χ3n) is 3.79. The molecule has 0 heterocycles. The summed E-state index contributed by atoms with van der Waals surface area (Å²) in [6.07, 6.45) is 5.28. The van der Waals surface area contributed by atoms with Gasteiger partial charge in [0.2, 0.25) is 5.91 Å². The lowest BCUT2D eigenvalue weighted by atomic mass is 9.80. The molecule has 5 nitrogen and oxygen atoms in total. The highest BCUT2D eigenvalue weighted by atomic mass is 79.9. The summed E-state index contributed by atoms with van der Waals surface area (Å²) in [7, 11) is 0. The summed E-state index contributed by atoms with van der Waals surface area (Å²) in [6.45, 7) is 0. The zero-order valence-electron chi connectivity index (χ0n) is 11.7. The first kappa shape index (κ1) is 16.0. The molecule has 1 fully saturated rings. The van der Waals surface area contributed by atoms with Crippen LogP contribution in [0.2, 0.25) is 0 Å². The number of benzene rings is 1. The molecular formula is C15H19BrN2O3. The fraction of sp³-hybridized carbons (Fsp3) is 0.467. The summed E-state index contributed by atoms with van der Waals surface area (Å²) in [6, 6.07) is 4.60. The highest BCUT2D eigenvalue weighted by molar-refractivity contribution is 9.10. The second-order valence-electron chi connectivity index (χ2n) is 5.68. The number of nitrogens with two attached hydrogens (primary N) is 1. The molecule has 0 aliphatic heterocycles. The van der Waals surface area contributed by atoms with Crippen LogP contribution in [0.15, 0.2) is 22.7 Å². The van der Waals surface area contributed by atoms with E-state index in [4.69, 9.17) is 10.8 Å². The van der Waals surface area contributed by atoms with Crippen molar-refractivity contribution in [3.63, 3.8) is 0 Å². The van der Waals surface area contributed by atoms with Gasteiger partial charge in [-0.2, -0.15) is 0 Å². The largest absolute Gasteiger partial charge is 0.478 e. The van der Waals surface area contributed by atoms with E-state index < -0.39 is 11.5 Å². The van der Waals surface area contributed by atoms with Gasteiger partial charge < -0.3 is 16.2 Å². The van der Waals surface area contributed by atoms with Crippen molar-refractivity contribution >= 4 is 33.5 Å². The van der Waals surface area contributed by atoms with Gasteiger partial charge in [0.25, 0.3) is 0 Å². The van der Waals surface area contributed by atoms with Crippen LogP contribution in [0.4, 0.5) is 5.69 Å². The van der Waals surface area contributed by atoms with Crippen LogP contribution in [0.3, 0.4) is 0 Å². The second kappa shape index (κ2) is 6.58. The Labute approximate surface area is 132 Å².